The fourth-order valence-corrected chi connectivity index (χ4v) is 2.49. The van der Waals surface area contributed by atoms with Gasteiger partial charge in [0.1, 0.15) is 5.75 Å². The summed E-state index contributed by atoms with van der Waals surface area (Å²) in [5.74, 6) is 0.991. The molecule has 3 heteroatoms. The van der Waals surface area contributed by atoms with Crippen molar-refractivity contribution in [1.82, 2.24) is 5.32 Å². The zero-order valence-electron chi connectivity index (χ0n) is 12.2. The van der Waals surface area contributed by atoms with Crippen LogP contribution >= 0.6 is 0 Å². The lowest BCUT2D eigenvalue weighted by atomic mass is 10.2. The maximum Gasteiger partial charge on any atom is 0.119 e. The van der Waals surface area contributed by atoms with Gasteiger partial charge in [0.2, 0.25) is 0 Å². The molecule has 106 valence electrons. The molecule has 0 aliphatic carbocycles. The lowest BCUT2D eigenvalue weighted by molar-refractivity contribution is 0.193. The number of ether oxygens (including phenoxy) is 1. The molecule has 0 radical (unpaired) electrons. The molecule has 1 aromatic carbocycles. The van der Waals surface area contributed by atoms with E-state index in [0.717, 1.165) is 44.8 Å². The highest BCUT2D eigenvalue weighted by atomic mass is 16.5. The van der Waals surface area contributed by atoms with Crippen LogP contribution in [0.2, 0.25) is 0 Å². The summed E-state index contributed by atoms with van der Waals surface area (Å²) < 4.78 is 5.95. The molecular formula is C16H26N2O. The molecule has 1 saturated heterocycles. The van der Waals surface area contributed by atoms with Gasteiger partial charge in [-0.15, -0.1) is 0 Å². The quantitative estimate of drug-likeness (QED) is 0.882. The maximum atomic E-state index is 5.95. The second kappa shape index (κ2) is 7.39. The van der Waals surface area contributed by atoms with E-state index in [0.29, 0.717) is 6.10 Å². The van der Waals surface area contributed by atoms with E-state index in [-0.39, 0.29) is 0 Å². The van der Waals surface area contributed by atoms with Crippen LogP contribution < -0.4 is 15.0 Å². The molecule has 0 bridgehead atoms. The van der Waals surface area contributed by atoms with E-state index >= 15 is 0 Å². The Bertz CT molecular complexity index is 352. The predicted molar refractivity (Wildman–Crippen MR) is 81.1 cm³/mol. The molecule has 19 heavy (non-hydrogen) atoms. The number of nitrogens with one attached hydrogen (secondary N) is 1. The van der Waals surface area contributed by atoms with Gasteiger partial charge in [0.25, 0.3) is 0 Å². The summed E-state index contributed by atoms with van der Waals surface area (Å²) in [7, 11) is 0. The number of hydrogen-bond donors (Lipinski definition) is 1. The highest BCUT2D eigenvalue weighted by Crippen LogP contribution is 2.21. The minimum atomic E-state index is 0.341. The van der Waals surface area contributed by atoms with E-state index in [1.54, 1.807) is 0 Å². The van der Waals surface area contributed by atoms with Crippen LogP contribution in [0, 0.1) is 0 Å². The summed E-state index contributed by atoms with van der Waals surface area (Å²) in [6.45, 7) is 8.78. The molecule has 0 saturated carbocycles. The topological polar surface area (TPSA) is 24.5 Å². The molecular weight excluding hydrogens is 236 g/mol. The average Bonchev–Trinajstić information content (AvgIpc) is 2.74. The first kappa shape index (κ1) is 14.2. The Kier molecular flexibility index (Phi) is 5.52. The van der Waals surface area contributed by atoms with Gasteiger partial charge < -0.3 is 15.0 Å². The largest absolute Gasteiger partial charge is 0.490 e. The van der Waals surface area contributed by atoms with E-state index in [2.05, 4.69) is 48.3 Å². The molecule has 1 aliphatic heterocycles. The summed E-state index contributed by atoms with van der Waals surface area (Å²) in [6.07, 6.45) is 3.69. The summed E-state index contributed by atoms with van der Waals surface area (Å²) >= 11 is 0. The van der Waals surface area contributed by atoms with Gasteiger partial charge in [0.05, 0.1) is 6.10 Å². The van der Waals surface area contributed by atoms with Crippen LogP contribution in [-0.2, 0) is 0 Å². The Hall–Kier alpha value is -1.22. The molecule has 0 spiro atoms. The molecule has 0 unspecified atom stereocenters. The number of anilines is 1. The number of nitrogens with zero attached hydrogens (tertiary/aromatic N) is 1. The Morgan fingerprint density at radius 2 is 1.84 bits per heavy atom. The Morgan fingerprint density at radius 3 is 2.53 bits per heavy atom. The summed E-state index contributed by atoms with van der Waals surface area (Å²) in [4.78, 5) is 2.45. The van der Waals surface area contributed by atoms with Crippen LogP contribution in [0.1, 0.15) is 33.1 Å². The normalized spacial score (nSPS) is 16.5. The Balaban J connectivity index is 1.97. The zero-order valence-corrected chi connectivity index (χ0v) is 12.2. The lowest BCUT2D eigenvalue weighted by Gasteiger charge is -2.23. The monoisotopic (exact) mass is 262 g/mol. The number of benzene rings is 1. The van der Waals surface area contributed by atoms with Crippen molar-refractivity contribution in [2.24, 2.45) is 0 Å². The predicted octanol–water partition coefficient (Wildman–Crippen LogP) is 3.05. The van der Waals surface area contributed by atoms with Crippen molar-refractivity contribution < 1.29 is 4.74 Å². The van der Waals surface area contributed by atoms with Crippen molar-refractivity contribution in [1.29, 1.82) is 0 Å². The van der Waals surface area contributed by atoms with Crippen LogP contribution in [-0.4, -0.2) is 32.3 Å². The second-order valence-corrected chi connectivity index (χ2v) is 5.14. The third-order valence-corrected chi connectivity index (χ3v) is 3.76. The van der Waals surface area contributed by atoms with Crippen LogP contribution in [0.15, 0.2) is 24.3 Å². The van der Waals surface area contributed by atoms with Crippen LogP contribution in [0.3, 0.4) is 0 Å². The van der Waals surface area contributed by atoms with Crippen molar-refractivity contribution in [3.8, 4) is 5.75 Å². The first-order valence-corrected chi connectivity index (χ1v) is 7.56. The molecule has 3 nitrogen and oxygen atoms in total. The standard InChI is InChI=1S/C16H26N2O/c1-3-15(4-2)19-16-8-6-14(7-9-16)18-12-5-10-17-11-13-18/h6-9,15,17H,3-5,10-13H2,1-2H3. The fourth-order valence-electron chi connectivity index (χ4n) is 2.49. The Labute approximate surface area is 116 Å². The molecule has 1 aromatic rings. The van der Waals surface area contributed by atoms with Gasteiger partial charge in [-0.05, 0) is 50.1 Å². The smallest absolute Gasteiger partial charge is 0.119 e. The van der Waals surface area contributed by atoms with Gasteiger partial charge in [0.15, 0.2) is 0 Å². The summed E-state index contributed by atoms with van der Waals surface area (Å²) in [5.41, 5.74) is 1.31. The van der Waals surface area contributed by atoms with Crippen molar-refractivity contribution in [3.05, 3.63) is 24.3 Å². The summed E-state index contributed by atoms with van der Waals surface area (Å²) in [5, 5.41) is 3.43. The van der Waals surface area contributed by atoms with Crippen molar-refractivity contribution in [2.75, 3.05) is 31.1 Å². The van der Waals surface area contributed by atoms with Crippen molar-refractivity contribution in [2.45, 2.75) is 39.2 Å². The fraction of sp³-hybridized carbons (Fsp3) is 0.625. The number of rotatable bonds is 5. The van der Waals surface area contributed by atoms with E-state index in [1.165, 1.54) is 12.1 Å². The first-order valence-electron chi connectivity index (χ1n) is 7.56. The minimum absolute atomic E-state index is 0.341. The van der Waals surface area contributed by atoms with E-state index in [4.69, 9.17) is 4.74 Å². The molecule has 1 heterocycles. The van der Waals surface area contributed by atoms with Crippen LogP contribution in [0.4, 0.5) is 5.69 Å². The SMILES string of the molecule is CCC(CC)Oc1ccc(N2CCCNCC2)cc1. The summed E-state index contributed by atoms with van der Waals surface area (Å²) in [6, 6.07) is 8.57. The molecule has 1 aliphatic rings. The van der Waals surface area contributed by atoms with Gasteiger partial charge in [-0.3, -0.25) is 0 Å². The van der Waals surface area contributed by atoms with Gasteiger partial charge in [-0.2, -0.15) is 0 Å². The highest BCUT2D eigenvalue weighted by molar-refractivity contribution is 5.49. The van der Waals surface area contributed by atoms with E-state index in [9.17, 15) is 0 Å². The average molecular weight is 262 g/mol. The second-order valence-electron chi connectivity index (χ2n) is 5.14. The van der Waals surface area contributed by atoms with Gasteiger partial charge in [-0.1, -0.05) is 13.8 Å². The van der Waals surface area contributed by atoms with Crippen molar-refractivity contribution in [3.63, 3.8) is 0 Å². The third-order valence-electron chi connectivity index (χ3n) is 3.76. The van der Waals surface area contributed by atoms with E-state index in [1.807, 2.05) is 0 Å². The third kappa shape index (κ3) is 4.13. The van der Waals surface area contributed by atoms with Crippen LogP contribution in [0.25, 0.3) is 0 Å². The van der Waals surface area contributed by atoms with Gasteiger partial charge in [-0.25, -0.2) is 0 Å². The van der Waals surface area contributed by atoms with E-state index < -0.39 is 0 Å². The van der Waals surface area contributed by atoms with Gasteiger partial charge >= 0.3 is 0 Å². The maximum absolute atomic E-state index is 5.95. The van der Waals surface area contributed by atoms with Crippen molar-refractivity contribution >= 4 is 5.69 Å². The lowest BCUT2D eigenvalue weighted by Crippen LogP contribution is -2.27. The molecule has 0 amide bonds. The molecule has 0 aromatic heterocycles. The zero-order chi connectivity index (χ0) is 13.5. The minimum Gasteiger partial charge on any atom is -0.490 e. The number of hydrogen-bond acceptors (Lipinski definition) is 3. The Morgan fingerprint density at radius 1 is 1.11 bits per heavy atom. The molecule has 1 N–H and O–H groups in total. The van der Waals surface area contributed by atoms with Crippen LogP contribution in [0.5, 0.6) is 5.75 Å². The first-order chi connectivity index (χ1) is 9.33. The molecule has 0 atom stereocenters. The highest BCUT2D eigenvalue weighted by Gasteiger charge is 2.10. The molecule has 2 rings (SSSR count). The van der Waals surface area contributed by atoms with Gasteiger partial charge in [0, 0.05) is 25.3 Å². The molecule has 1 fully saturated rings.